The lowest BCUT2D eigenvalue weighted by atomic mass is 10.0. The highest BCUT2D eigenvalue weighted by molar-refractivity contribution is 5.95. The summed E-state index contributed by atoms with van der Waals surface area (Å²) in [5, 5.41) is 1.10. The predicted octanol–water partition coefficient (Wildman–Crippen LogP) is 2.98. The molecule has 6 nitrogen and oxygen atoms in total. The van der Waals surface area contributed by atoms with Gasteiger partial charge in [0.2, 0.25) is 11.8 Å². The normalized spacial score (nSPS) is 19.6. The molecule has 0 spiro atoms. The topological polar surface area (TPSA) is 57.0 Å². The molecule has 32 heavy (non-hydrogen) atoms. The van der Waals surface area contributed by atoms with E-state index in [0.717, 1.165) is 34.4 Å². The first-order valence-electron chi connectivity index (χ1n) is 11.0. The molecule has 166 valence electrons. The SMILES string of the molecule is Cc1oc2ccccc2c1CN1CCN2C(=O)CN(CCc3ccc(F)cc3)C(=O)C2C1. The number of fused-ring (bicyclic) bond motifs is 2. The quantitative estimate of drug-likeness (QED) is 0.618. The van der Waals surface area contributed by atoms with Crippen LogP contribution in [-0.4, -0.2) is 65.3 Å². The van der Waals surface area contributed by atoms with Crippen molar-refractivity contribution in [1.82, 2.24) is 14.7 Å². The van der Waals surface area contributed by atoms with Crippen molar-refractivity contribution in [3.05, 3.63) is 71.2 Å². The van der Waals surface area contributed by atoms with Crippen LogP contribution in [0.1, 0.15) is 16.9 Å². The van der Waals surface area contributed by atoms with E-state index in [2.05, 4.69) is 11.0 Å². The summed E-state index contributed by atoms with van der Waals surface area (Å²) >= 11 is 0. The molecular weight excluding hydrogens is 409 g/mol. The Hall–Kier alpha value is -3.19. The van der Waals surface area contributed by atoms with Crippen LogP contribution < -0.4 is 0 Å². The molecule has 1 atom stereocenters. The summed E-state index contributed by atoms with van der Waals surface area (Å²) in [6, 6.07) is 13.8. The van der Waals surface area contributed by atoms with Gasteiger partial charge in [0.1, 0.15) is 23.2 Å². The summed E-state index contributed by atoms with van der Waals surface area (Å²) in [4.78, 5) is 31.6. The summed E-state index contributed by atoms with van der Waals surface area (Å²) in [7, 11) is 0. The first-order chi connectivity index (χ1) is 15.5. The fourth-order valence-electron chi connectivity index (χ4n) is 4.78. The molecule has 0 N–H and O–H groups in total. The van der Waals surface area contributed by atoms with Crippen molar-refractivity contribution >= 4 is 22.8 Å². The van der Waals surface area contributed by atoms with E-state index in [0.29, 0.717) is 32.6 Å². The Balaban J connectivity index is 1.28. The number of carbonyl (C=O) groups excluding carboxylic acids is 2. The predicted molar refractivity (Wildman–Crippen MR) is 118 cm³/mol. The summed E-state index contributed by atoms with van der Waals surface area (Å²) in [5.41, 5.74) is 2.95. The van der Waals surface area contributed by atoms with Gasteiger partial charge in [-0.3, -0.25) is 14.5 Å². The van der Waals surface area contributed by atoms with Gasteiger partial charge in [0.25, 0.3) is 0 Å². The van der Waals surface area contributed by atoms with Crippen molar-refractivity contribution < 1.29 is 18.4 Å². The number of halogens is 1. The van der Waals surface area contributed by atoms with Gasteiger partial charge in [-0.1, -0.05) is 30.3 Å². The minimum absolute atomic E-state index is 0.00158. The molecule has 5 rings (SSSR count). The van der Waals surface area contributed by atoms with Gasteiger partial charge in [-0.25, -0.2) is 4.39 Å². The maximum atomic E-state index is 13.2. The molecule has 2 aliphatic rings. The Morgan fingerprint density at radius 3 is 2.66 bits per heavy atom. The van der Waals surface area contributed by atoms with Crippen molar-refractivity contribution in [3.63, 3.8) is 0 Å². The highest BCUT2D eigenvalue weighted by atomic mass is 19.1. The van der Waals surface area contributed by atoms with Crippen LogP contribution in [0, 0.1) is 12.7 Å². The highest BCUT2D eigenvalue weighted by Gasteiger charge is 2.42. The zero-order chi connectivity index (χ0) is 22.2. The second kappa shape index (κ2) is 8.39. The molecule has 2 fully saturated rings. The van der Waals surface area contributed by atoms with Gasteiger partial charge in [-0.15, -0.1) is 0 Å². The molecule has 2 aliphatic heterocycles. The highest BCUT2D eigenvalue weighted by Crippen LogP contribution is 2.28. The van der Waals surface area contributed by atoms with E-state index in [9.17, 15) is 14.0 Å². The molecule has 2 saturated heterocycles. The Morgan fingerprint density at radius 1 is 1.06 bits per heavy atom. The van der Waals surface area contributed by atoms with Gasteiger partial charge >= 0.3 is 0 Å². The number of piperazine rings is 2. The summed E-state index contributed by atoms with van der Waals surface area (Å²) in [5.74, 6) is 0.598. The molecule has 1 aromatic heterocycles. The fraction of sp³-hybridized carbons (Fsp3) is 0.360. The van der Waals surface area contributed by atoms with Crippen molar-refractivity contribution in [2.75, 3.05) is 32.7 Å². The van der Waals surface area contributed by atoms with Gasteiger partial charge < -0.3 is 14.2 Å². The Labute approximate surface area is 186 Å². The van der Waals surface area contributed by atoms with Gasteiger partial charge in [-0.05, 0) is 37.1 Å². The zero-order valence-electron chi connectivity index (χ0n) is 18.1. The Kier molecular flexibility index (Phi) is 5.43. The molecule has 3 heterocycles. The number of rotatable bonds is 5. The molecule has 0 radical (unpaired) electrons. The molecule has 2 aromatic carbocycles. The van der Waals surface area contributed by atoms with Crippen LogP contribution in [0.5, 0.6) is 0 Å². The molecule has 0 bridgehead atoms. The van der Waals surface area contributed by atoms with Gasteiger partial charge in [0.15, 0.2) is 0 Å². The standard InChI is InChI=1S/C25H26FN3O3/c1-17-21(20-4-2-3-5-23(20)32-17)14-27-12-13-29-22(15-27)25(31)28(16-24(29)30)11-10-18-6-8-19(26)9-7-18/h2-9,22H,10-16H2,1H3. The maximum Gasteiger partial charge on any atom is 0.247 e. The van der Waals surface area contributed by atoms with E-state index in [4.69, 9.17) is 4.42 Å². The van der Waals surface area contributed by atoms with Crippen LogP contribution in [0.15, 0.2) is 52.9 Å². The van der Waals surface area contributed by atoms with Crippen molar-refractivity contribution in [2.45, 2.75) is 25.9 Å². The van der Waals surface area contributed by atoms with Crippen LogP contribution in [0.25, 0.3) is 11.0 Å². The third-order valence-corrected chi connectivity index (χ3v) is 6.57. The van der Waals surface area contributed by atoms with E-state index in [-0.39, 0.29) is 24.2 Å². The number of hydrogen-bond donors (Lipinski definition) is 0. The molecule has 2 amide bonds. The largest absolute Gasteiger partial charge is 0.461 e. The summed E-state index contributed by atoms with van der Waals surface area (Å²) in [6.45, 7) is 5.01. The maximum absolute atomic E-state index is 13.2. The third-order valence-electron chi connectivity index (χ3n) is 6.57. The van der Waals surface area contributed by atoms with Gasteiger partial charge in [-0.2, -0.15) is 0 Å². The zero-order valence-corrected chi connectivity index (χ0v) is 18.1. The van der Waals surface area contributed by atoms with E-state index >= 15 is 0 Å². The van der Waals surface area contributed by atoms with Crippen LogP contribution in [0.3, 0.4) is 0 Å². The average Bonchev–Trinajstić information content (AvgIpc) is 3.11. The second-order valence-electron chi connectivity index (χ2n) is 8.61. The van der Waals surface area contributed by atoms with Gasteiger partial charge in [0.05, 0.1) is 6.54 Å². The first kappa shape index (κ1) is 20.7. The van der Waals surface area contributed by atoms with E-state index in [1.54, 1.807) is 21.9 Å². The van der Waals surface area contributed by atoms with Gasteiger partial charge in [0, 0.05) is 43.7 Å². The number of para-hydroxylation sites is 1. The minimum atomic E-state index is -0.461. The number of aryl methyl sites for hydroxylation is 1. The number of nitrogens with zero attached hydrogens (tertiary/aromatic N) is 3. The molecule has 1 unspecified atom stereocenters. The number of hydrogen-bond acceptors (Lipinski definition) is 4. The first-order valence-corrected chi connectivity index (χ1v) is 11.0. The van der Waals surface area contributed by atoms with Crippen molar-refractivity contribution in [1.29, 1.82) is 0 Å². The second-order valence-corrected chi connectivity index (χ2v) is 8.61. The average molecular weight is 435 g/mol. The number of benzene rings is 2. The lowest BCUT2D eigenvalue weighted by Crippen LogP contribution is -2.66. The molecule has 0 aliphatic carbocycles. The third kappa shape index (κ3) is 3.88. The monoisotopic (exact) mass is 435 g/mol. The van der Waals surface area contributed by atoms with Crippen molar-refractivity contribution in [3.8, 4) is 0 Å². The number of carbonyl (C=O) groups is 2. The molecule has 7 heteroatoms. The lowest BCUT2D eigenvalue weighted by molar-refractivity contribution is -0.159. The van der Waals surface area contributed by atoms with Crippen LogP contribution >= 0.6 is 0 Å². The molecule has 0 saturated carbocycles. The van der Waals surface area contributed by atoms with Crippen LogP contribution in [0.4, 0.5) is 4.39 Å². The smallest absolute Gasteiger partial charge is 0.247 e. The number of amides is 2. The summed E-state index contributed by atoms with van der Waals surface area (Å²) < 4.78 is 19.0. The Bertz CT molecular complexity index is 1160. The Morgan fingerprint density at radius 2 is 1.84 bits per heavy atom. The molecular formula is C25H26FN3O3. The lowest BCUT2D eigenvalue weighted by Gasteiger charge is -2.46. The van der Waals surface area contributed by atoms with Crippen LogP contribution in [-0.2, 0) is 22.6 Å². The van der Waals surface area contributed by atoms with Crippen molar-refractivity contribution in [2.24, 2.45) is 0 Å². The van der Waals surface area contributed by atoms with E-state index < -0.39 is 6.04 Å². The fourth-order valence-corrected chi connectivity index (χ4v) is 4.78. The van der Waals surface area contributed by atoms with E-state index in [1.165, 1.54) is 12.1 Å². The molecule has 3 aromatic rings. The minimum Gasteiger partial charge on any atom is -0.461 e. The van der Waals surface area contributed by atoms with E-state index in [1.807, 2.05) is 25.1 Å². The number of furan rings is 1. The van der Waals surface area contributed by atoms with Crippen LogP contribution in [0.2, 0.25) is 0 Å². The summed E-state index contributed by atoms with van der Waals surface area (Å²) in [6.07, 6.45) is 0.593.